The number of nitrogens with zero attached hydrogens (tertiary/aromatic N) is 1. The van der Waals surface area contributed by atoms with E-state index in [1.54, 1.807) is 12.2 Å². The third-order valence-corrected chi connectivity index (χ3v) is 2.58. The molecule has 0 saturated heterocycles. The fourth-order valence-corrected chi connectivity index (χ4v) is 1.52. The fourth-order valence-electron chi connectivity index (χ4n) is 1.52. The van der Waals surface area contributed by atoms with Gasteiger partial charge in [-0.3, -0.25) is 10.1 Å². The molecule has 23 heavy (non-hydrogen) atoms. The molecular weight excluding hydrogens is 298 g/mol. The Bertz CT molecular complexity index is 605. The van der Waals surface area contributed by atoms with E-state index in [2.05, 4.69) is 13.2 Å². The molecule has 0 N–H and O–H groups in total. The predicted molar refractivity (Wildman–Crippen MR) is 89.8 cm³/mol. The molecule has 1 aromatic carbocycles. The van der Waals surface area contributed by atoms with Gasteiger partial charge in [0.25, 0.3) is 0 Å². The standard InChI is InChI=1S/C15H15NO5.C2H6/c1-4-6-11(5-2)10-21-15(17)12-7-8-14(20-3)13(9-12)16(18)19;1-2/h4-9H,1-2,10H2,3H3;1-2H3/b11-6+;. The van der Waals surface area contributed by atoms with Gasteiger partial charge in [-0.15, -0.1) is 0 Å². The lowest BCUT2D eigenvalue weighted by Crippen LogP contribution is -2.08. The van der Waals surface area contributed by atoms with Crippen LogP contribution < -0.4 is 4.74 Å². The lowest BCUT2D eigenvalue weighted by Gasteiger charge is -2.06. The molecule has 0 unspecified atom stereocenters. The van der Waals surface area contributed by atoms with Gasteiger partial charge < -0.3 is 9.47 Å². The number of hydrogen-bond acceptors (Lipinski definition) is 5. The molecule has 6 nitrogen and oxygen atoms in total. The maximum absolute atomic E-state index is 11.9. The van der Waals surface area contributed by atoms with Crippen LogP contribution in [-0.4, -0.2) is 24.6 Å². The van der Waals surface area contributed by atoms with Crippen LogP contribution in [0.15, 0.2) is 55.2 Å². The highest BCUT2D eigenvalue weighted by molar-refractivity contribution is 5.90. The number of rotatable bonds is 7. The average Bonchev–Trinajstić information content (AvgIpc) is 2.59. The van der Waals surface area contributed by atoms with Gasteiger partial charge in [-0.2, -0.15) is 0 Å². The van der Waals surface area contributed by atoms with E-state index < -0.39 is 10.9 Å². The third-order valence-electron chi connectivity index (χ3n) is 2.58. The summed E-state index contributed by atoms with van der Waals surface area (Å²) in [5, 5.41) is 10.9. The smallest absolute Gasteiger partial charge is 0.338 e. The molecule has 0 fully saturated rings. The second-order valence-electron chi connectivity index (χ2n) is 3.90. The van der Waals surface area contributed by atoms with Gasteiger partial charge in [-0.1, -0.05) is 45.2 Å². The first-order valence-electron chi connectivity index (χ1n) is 6.97. The number of carbonyl (C=O) groups excluding carboxylic acids is 1. The Hall–Kier alpha value is -2.89. The van der Waals surface area contributed by atoms with Gasteiger partial charge >= 0.3 is 11.7 Å². The number of ether oxygens (including phenoxy) is 2. The van der Waals surface area contributed by atoms with Crippen LogP contribution in [0.2, 0.25) is 0 Å². The fraction of sp³-hybridized carbons (Fsp3) is 0.235. The molecule has 0 heterocycles. The molecule has 0 bridgehead atoms. The van der Waals surface area contributed by atoms with Gasteiger partial charge in [0.2, 0.25) is 0 Å². The molecule has 0 aliphatic carbocycles. The van der Waals surface area contributed by atoms with Crippen LogP contribution in [0.4, 0.5) is 5.69 Å². The Morgan fingerprint density at radius 2 is 2.00 bits per heavy atom. The predicted octanol–water partition coefficient (Wildman–Crippen LogP) is 4.08. The molecule has 124 valence electrons. The van der Waals surface area contributed by atoms with E-state index in [9.17, 15) is 14.9 Å². The molecule has 0 saturated carbocycles. The van der Waals surface area contributed by atoms with Gasteiger partial charge in [0.05, 0.1) is 17.6 Å². The maximum Gasteiger partial charge on any atom is 0.338 e. The maximum atomic E-state index is 11.9. The summed E-state index contributed by atoms with van der Waals surface area (Å²) in [5.41, 5.74) is 0.448. The number of methoxy groups -OCH3 is 1. The normalized spacial score (nSPS) is 9.96. The summed E-state index contributed by atoms with van der Waals surface area (Å²) in [5.74, 6) is -0.590. The number of nitro benzene ring substituents is 1. The summed E-state index contributed by atoms with van der Waals surface area (Å²) in [6, 6.07) is 3.87. The Kier molecular flexibility index (Phi) is 9.43. The summed E-state index contributed by atoms with van der Waals surface area (Å²) < 4.78 is 9.91. The van der Waals surface area contributed by atoms with Crippen molar-refractivity contribution in [2.45, 2.75) is 13.8 Å². The summed E-state index contributed by atoms with van der Waals surface area (Å²) in [7, 11) is 1.32. The zero-order chi connectivity index (χ0) is 17.8. The van der Waals surface area contributed by atoms with Crippen molar-refractivity contribution in [2.24, 2.45) is 0 Å². The molecule has 1 aromatic rings. The molecular formula is C17H21NO5. The highest BCUT2D eigenvalue weighted by atomic mass is 16.6. The number of hydrogen-bond donors (Lipinski definition) is 0. The van der Waals surface area contributed by atoms with Crippen LogP contribution >= 0.6 is 0 Å². The van der Waals surface area contributed by atoms with Crippen molar-refractivity contribution in [2.75, 3.05) is 13.7 Å². The van der Waals surface area contributed by atoms with Crippen LogP contribution in [0.1, 0.15) is 24.2 Å². The van der Waals surface area contributed by atoms with E-state index in [0.717, 1.165) is 6.07 Å². The monoisotopic (exact) mass is 319 g/mol. The van der Waals surface area contributed by atoms with Crippen LogP contribution in [-0.2, 0) is 4.74 Å². The zero-order valence-electron chi connectivity index (χ0n) is 13.6. The van der Waals surface area contributed by atoms with Crippen LogP contribution in [0, 0.1) is 10.1 Å². The Labute approximate surface area is 135 Å². The molecule has 0 amide bonds. The summed E-state index contributed by atoms with van der Waals surface area (Å²) in [6.07, 6.45) is 4.73. The summed E-state index contributed by atoms with van der Waals surface area (Å²) >= 11 is 0. The van der Waals surface area contributed by atoms with Crippen molar-refractivity contribution in [3.8, 4) is 5.75 Å². The van der Waals surface area contributed by atoms with Gasteiger partial charge in [0.15, 0.2) is 5.75 Å². The second-order valence-corrected chi connectivity index (χ2v) is 3.90. The first kappa shape index (κ1) is 20.1. The SMILES string of the molecule is C=C/C=C(\C=C)COC(=O)c1ccc(OC)c([N+](=O)[O-])c1.CC. The topological polar surface area (TPSA) is 78.7 Å². The van der Waals surface area contributed by atoms with E-state index in [4.69, 9.17) is 9.47 Å². The van der Waals surface area contributed by atoms with Gasteiger partial charge in [-0.05, 0) is 17.7 Å². The molecule has 0 aliphatic heterocycles. The largest absolute Gasteiger partial charge is 0.490 e. The van der Waals surface area contributed by atoms with E-state index in [-0.39, 0.29) is 23.6 Å². The van der Waals surface area contributed by atoms with Crippen molar-refractivity contribution in [3.63, 3.8) is 0 Å². The lowest BCUT2D eigenvalue weighted by molar-refractivity contribution is -0.385. The van der Waals surface area contributed by atoms with E-state index in [0.29, 0.717) is 5.57 Å². The number of allylic oxidation sites excluding steroid dienone is 2. The Morgan fingerprint density at radius 1 is 1.35 bits per heavy atom. The van der Waals surface area contributed by atoms with Crippen LogP contribution in [0.25, 0.3) is 0 Å². The van der Waals surface area contributed by atoms with E-state index in [1.807, 2.05) is 13.8 Å². The Balaban J connectivity index is 0.00000232. The first-order valence-corrected chi connectivity index (χ1v) is 6.97. The van der Waals surface area contributed by atoms with Gasteiger partial charge in [0, 0.05) is 6.07 Å². The number of nitro groups is 1. The average molecular weight is 319 g/mol. The van der Waals surface area contributed by atoms with E-state index in [1.165, 1.54) is 25.3 Å². The Morgan fingerprint density at radius 3 is 2.48 bits per heavy atom. The highest BCUT2D eigenvalue weighted by Gasteiger charge is 2.18. The minimum Gasteiger partial charge on any atom is -0.490 e. The molecule has 1 rings (SSSR count). The molecule has 0 aliphatic rings. The van der Waals surface area contributed by atoms with Crippen LogP contribution in [0.3, 0.4) is 0 Å². The third kappa shape index (κ3) is 6.17. The van der Waals surface area contributed by atoms with Gasteiger partial charge in [-0.25, -0.2) is 4.79 Å². The number of esters is 1. The lowest BCUT2D eigenvalue weighted by atomic mass is 10.2. The van der Waals surface area contributed by atoms with Crippen molar-refractivity contribution < 1.29 is 19.2 Å². The summed E-state index contributed by atoms with van der Waals surface area (Å²) in [6.45, 7) is 11.1. The number of benzene rings is 1. The van der Waals surface area contributed by atoms with Crippen molar-refractivity contribution in [1.82, 2.24) is 0 Å². The molecule has 0 aromatic heterocycles. The van der Waals surface area contributed by atoms with Crippen molar-refractivity contribution in [1.29, 1.82) is 0 Å². The van der Waals surface area contributed by atoms with Crippen molar-refractivity contribution >= 4 is 11.7 Å². The van der Waals surface area contributed by atoms with Crippen molar-refractivity contribution in [3.05, 3.63) is 70.8 Å². The second kappa shape index (κ2) is 10.8. The zero-order valence-corrected chi connectivity index (χ0v) is 13.6. The first-order chi connectivity index (χ1) is 11.0. The van der Waals surface area contributed by atoms with Crippen LogP contribution in [0.5, 0.6) is 5.75 Å². The van der Waals surface area contributed by atoms with Gasteiger partial charge in [0.1, 0.15) is 6.61 Å². The number of carbonyl (C=O) groups is 1. The van der Waals surface area contributed by atoms with E-state index >= 15 is 0 Å². The minimum atomic E-state index is -0.669. The quantitative estimate of drug-likeness (QED) is 0.327. The summed E-state index contributed by atoms with van der Waals surface area (Å²) in [4.78, 5) is 22.1. The molecule has 0 radical (unpaired) electrons. The molecule has 0 atom stereocenters. The minimum absolute atomic E-state index is 0.00812. The molecule has 6 heteroatoms. The molecule has 0 spiro atoms. The highest BCUT2D eigenvalue weighted by Crippen LogP contribution is 2.27.